The van der Waals surface area contributed by atoms with Gasteiger partial charge in [-0.25, -0.2) is 0 Å². The second-order valence-electron chi connectivity index (χ2n) is 2.24. The lowest BCUT2D eigenvalue weighted by Gasteiger charge is -1.95. The third-order valence-electron chi connectivity index (χ3n) is 1.41. The summed E-state index contributed by atoms with van der Waals surface area (Å²) in [4.78, 5) is 20.5. The first-order valence-corrected chi connectivity index (χ1v) is 3.85. The molecule has 1 aromatic rings. The molecule has 0 aliphatic carbocycles. The Bertz CT molecular complexity index is 399. The molecule has 0 saturated carbocycles. The van der Waals surface area contributed by atoms with E-state index in [0.29, 0.717) is 28.7 Å². The monoisotopic (exact) mass is 192 g/mol. The fourth-order valence-electron chi connectivity index (χ4n) is 0.852. The quantitative estimate of drug-likeness (QED) is 0.501. The van der Waals surface area contributed by atoms with Crippen molar-refractivity contribution in [3.05, 3.63) is 34.3 Å². The van der Waals surface area contributed by atoms with E-state index < -0.39 is 0 Å². The Labute approximate surface area is 80.5 Å². The highest BCUT2D eigenvalue weighted by Crippen LogP contribution is 2.13. The molecule has 13 heavy (non-hydrogen) atoms. The Morgan fingerprint density at radius 3 is 2.69 bits per heavy atom. The van der Waals surface area contributed by atoms with Gasteiger partial charge in [0, 0.05) is 16.1 Å². The van der Waals surface area contributed by atoms with E-state index in [1.807, 2.05) is 0 Å². The number of hydrogen-bond donors (Lipinski definition) is 0. The number of aldehydes is 2. The molecule has 0 aromatic heterocycles. The maximum Gasteiger partial charge on any atom is 0.193 e. The van der Waals surface area contributed by atoms with E-state index >= 15 is 0 Å². The molecule has 2 nitrogen and oxygen atoms in total. The van der Waals surface area contributed by atoms with Crippen molar-refractivity contribution in [3.63, 3.8) is 0 Å². The van der Waals surface area contributed by atoms with Gasteiger partial charge in [-0.05, 0) is 24.1 Å². The molecule has 1 aromatic carbocycles. The van der Waals surface area contributed by atoms with E-state index in [1.54, 1.807) is 12.1 Å². The predicted molar refractivity (Wildman–Crippen MR) is 49.8 cm³/mol. The smallest absolute Gasteiger partial charge is 0.193 e. The lowest BCUT2D eigenvalue weighted by molar-refractivity contribution is -0.103. The molecule has 0 unspecified atom stereocenters. The van der Waals surface area contributed by atoms with Crippen molar-refractivity contribution >= 4 is 24.2 Å². The molecule has 3 heteroatoms. The SMILES string of the molecule is O=CC#Cc1ccc(Cl)cc1C=O. The van der Waals surface area contributed by atoms with Crippen LogP contribution in [0.2, 0.25) is 5.02 Å². The molecular weight excluding hydrogens is 188 g/mol. The minimum absolute atomic E-state index is 0.391. The van der Waals surface area contributed by atoms with Gasteiger partial charge < -0.3 is 0 Å². The summed E-state index contributed by atoms with van der Waals surface area (Å²) in [6.07, 6.45) is 1.13. The maximum absolute atomic E-state index is 10.5. The summed E-state index contributed by atoms with van der Waals surface area (Å²) in [5, 5.41) is 0.471. The third-order valence-corrected chi connectivity index (χ3v) is 1.64. The van der Waals surface area contributed by atoms with Crippen molar-refractivity contribution in [1.82, 2.24) is 0 Å². The van der Waals surface area contributed by atoms with Crippen LogP contribution in [0, 0.1) is 11.8 Å². The van der Waals surface area contributed by atoms with Crippen LogP contribution in [0.1, 0.15) is 15.9 Å². The van der Waals surface area contributed by atoms with E-state index in [4.69, 9.17) is 11.6 Å². The number of carbonyl (C=O) groups is 2. The Kier molecular flexibility index (Phi) is 3.24. The van der Waals surface area contributed by atoms with Gasteiger partial charge in [-0.2, -0.15) is 0 Å². The Morgan fingerprint density at radius 2 is 2.08 bits per heavy atom. The molecule has 0 saturated heterocycles. The highest BCUT2D eigenvalue weighted by atomic mass is 35.5. The molecule has 0 amide bonds. The number of halogens is 1. The molecule has 0 aliphatic heterocycles. The van der Waals surface area contributed by atoms with Gasteiger partial charge in [-0.15, -0.1) is 0 Å². The van der Waals surface area contributed by atoms with E-state index in [0.717, 1.165) is 0 Å². The van der Waals surface area contributed by atoms with Crippen LogP contribution in [0.5, 0.6) is 0 Å². The van der Waals surface area contributed by atoms with Crippen molar-refractivity contribution < 1.29 is 9.59 Å². The highest BCUT2D eigenvalue weighted by molar-refractivity contribution is 6.30. The van der Waals surface area contributed by atoms with E-state index in [2.05, 4.69) is 11.8 Å². The molecular formula is C10H5ClO2. The number of carbonyl (C=O) groups excluding carboxylic acids is 2. The second kappa shape index (κ2) is 4.44. The van der Waals surface area contributed by atoms with Gasteiger partial charge in [0.2, 0.25) is 0 Å². The number of benzene rings is 1. The zero-order chi connectivity index (χ0) is 9.68. The van der Waals surface area contributed by atoms with Crippen molar-refractivity contribution in [3.8, 4) is 11.8 Å². The second-order valence-corrected chi connectivity index (χ2v) is 2.67. The zero-order valence-electron chi connectivity index (χ0n) is 6.58. The average Bonchev–Trinajstić information content (AvgIpc) is 2.16. The summed E-state index contributed by atoms with van der Waals surface area (Å²) in [6, 6.07) is 4.72. The average molecular weight is 193 g/mol. The van der Waals surface area contributed by atoms with Crippen LogP contribution in [0.3, 0.4) is 0 Å². The molecule has 0 atom stereocenters. The standard InChI is InChI=1S/C10H5ClO2/c11-10-4-3-8(2-1-5-12)9(6-10)7-13/h3-7H. The Hall–Kier alpha value is -1.59. The van der Waals surface area contributed by atoms with E-state index in [-0.39, 0.29) is 0 Å². The van der Waals surface area contributed by atoms with Gasteiger partial charge in [0.05, 0.1) is 0 Å². The van der Waals surface area contributed by atoms with E-state index in [1.165, 1.54) is 6.07 Å². The van der Waals surface area contributed by atoms with Crippen LogP contribution < -0.4 is 0 Å². The topological polar surface area (TPSA) is 34.1 Å². The van der Waals surface area contributed by atoms with Gasteiger partial charge in [0.25, 0.3) is 0 Å². The maximum atomic E-state index is 10.5. The lowest BCUT2D eigenvalue weighted by atomic mass is 10.1. The molecule has 64 valence electrons. The van der Waals surface area contributed by atoms with Gasteiger partial charge >= 0.3 is 0 Å². The Balaban J connectivity index is 3.20. The summed E-state index contributed by atoms with van der Waals surface area (Å²) >= 11 is 5.65. The first kappa shape index (κ1) is 9.50. The first-order chi connectivity index (χ1) is 6.27. The van der Waals surface area contributed by atoms with Crippen LogP contribution in [0.25, 0.3) is 0 Å². The van der Waals surface area contributed by atoms with Crippen LogP contribution in [0.4, 0.5) is 0 Å². The zero-order valence-corrected chi connectivity index (χ0v) is 7.34. The lowest BCUT2D eigenvalue weighted by Crippen LogP contribution is -1.86. The van der Waals surface area contributed by atoms with Gasteiger partial charge in [-0.3, -0.25) is 9.59 Å². The summed E-state index contributed by atoms with van der Waals surface area (Å²) in [5.41, 5.74) is 0.897. The molecule has 0 N–H and O–H groups in total. The highest BCUT2D eigenvalue weighted by Gasteiger charge is 1.98. The third kappa shape index (κ3) is 2.43. The minimum atomic E-state index is 0.391. The summed E-state index contributed by atoms with van der Waals surface area (Å²) < 4.78 is 0. The fraction of sp³-hybridized carbons (Fsp3) is 0. The van der Waals surface area contributed by atoms with Crippen molar-refractivity contribution in [2.75, 3.05) is 0 Å². The summed E-state index contributed by atoms with van der Waals surface area (Å²) in [6.45, 7) is 0. The molecule has 0 spiro atoms. The van der Waals surface area contributed by atoms with Gasteiger partial charge in [-0.1, -0.05) is 17.5 Å². The van der Waals surface area contributed by atoms with Gasteiger partial charge in [0.1, 0.15) is 0 Å². The van der Waals surface area contributed by atoms with Crippen LogP contribution >= 0.6 is 11.6 Å². The van der Waals surface area contributed by atoms with Crippen LogP contribution in [-0.4, -0.2) is 12.6 Å². The largest absolute Gasteiger partial charge is 0.298 e. The van der Waals surface area contributed by atoms with E-state index in [9.17, 15) is 9.59 Å². The molecule has 1 rings (SSSR count). The fourth-order valence-corrected chi connectivity index (χ4v) is 1.03. The molecule has 0 aliphatic rings. The van der Waals surface area contributed by atoms with Crippen molar-refractivity contribution in [1.29, 1.82) is 0 Å². The van der Waals surface area contributed by atoms with Crippen molar-refractivity contribution in [2.45, 2.75) is 0 Å². The Morgan fingerprint density at radius 1 is 1.31 bits per heavy atom. The van der Waals surface area contributed by atoms with Crippen LogP contribution in [0.15, 0.2) is 18.2 Å². The predicted octanol–water partition coefficient (Wildman–Crippen LogP) is 1.70. The van der Waals surface area contributed by atoms with Gasteiger partial charge in [0.15, 0.2) is 12.6 Å². The summed E-state index contributed by atoms with van der Waals surface area (Å²) in [7, 11) is 0. The van der Waals surface area contributed by atoms with Crippen molar-refractivity contribution in [2.24, 2.45) is 0 Å². The molecule has 0 fully saturated rings. The minimum Gasteiger partial charge on any atom is -0.298 e. The van der Waals surface area contributed by atoms with Crippen LogP contribution in [-0.2, 0) is 4.79 Å². The number of rotatable bonds is 1. The summed E-state index contributed by atoms with van der Waals surface area (Å²) in [5.74, 6) is 4.76. The molecule has 0 bridgehead atoms. The first-order valence-electron chi connectivity index (χ1n) is 3.48. The normalized spacial score (nSPS) is 8.38. The number of hydrogen-bond acceptors (Lipinski definition) is 2. The molecule has 0 radical (unpaired) electrons. The molecule has 0 heterocycles.